The van der Waals surface area contributed by atoms with Crippen molar-refractivity contribution in [3.63, 3.8) is 0 Å². The summed E-state index contributed by atoms with van der Waals surface area (Å²) in [5.74, 6) is 1.68. The molecule has 3 heterocycles. The number of anilines is 1. The molecule has 0 spiro atoms. The van der Waals surface area contributed by atoms with Crippen molar-refractivity contribution in [1.29, 1.82) is 0 Å². The number of rotatable bonds is 6. The van der Waals surface area contributed by atoms with Crippen molar-refractivity contribution in [2.24, 2.45) is 7.05 Å². The Balaban J connectivity index is 1.67. The molecule has 3 aromatic rings. The first-order valence-electron chi connectivity index (χ1n) is 11.5. The monoisotopic (exact) mass is 437 g/mol. The molecule has 7 nitrogen and oxygen atoms in total. The minimum Gasteiger partial charge on any atom is -0.403 e. The van der Waals surface area contributed by atoms with Crippen LogP contribution in [0.5, 0.6) is 0 Å². The van der Waals surface area contributed by atoms with Gasteiger partial charge in [0.05, 0.1) is 16.5 Å². The second kappa shape index (κ2) is 9.08. The van der Waals surface area contributed by atoms with Crippen LogP contribution in [0.3, 0.4) is 0 Å². The van der Waals surface area contributed by atoms with Crippen molar-refractivity contribution in [2.45, 2.75) is 26.7 Å². The highest BCUT2D eigenvalue weighted by Crippen LogP contribution is 2.32. The minimum absolute atomic E-state index is 0.226. The van der Waals surface area contributed by atoms with Gasteiger partial charge in [0.2, 0.25) is 5.89 Å². The van der Waals surface area contributed by atoms with Gasteiger partial charge >= 0.3 is 5.63 Å². The van der Waals surface area contributed by atoms with E-state index in [9.17, 15) is 4.79 Å². The number of piperazine rings is 1. The molecule has 0 radical (unpaired) electrons. The van der Waals surface area contributed by atoms with Gasteiger partial charge in [0.25, 0.3) is 0 Å². The van der Waals surface area contributed by atoms with Crippen LogP contribution in [-0.4, -0.2) is 72.7 Å². The lowest BCUT2D eigenvalue weighted by atomic mass is 9.97. The topological polar surface area (TPSA) is 57.8 Å². The molecular weight excluding hydrogens is 402 g/mol. The molecule has 1 fully saturated rings. The molecule has 7 heteroatoms. The molecule has 0 N–H and O–H groups in total. The average molecular weight is 438 g/mol. The van der Waals surface area contributed by atoms with Crippen LogP contribution < -0.4 is 10.5 Å². The van der Waals surface area contributed by atoms with Crippen LogP contribution in [0.2, 0.25) is 0 Å². The lowest BCUT2D eigenvalue weighted by Crippen LogP contribution is -2.48. The Hall–Kier alpha value is -2.64. The van der Waals surface area contributed by atoms with E-state index in [0.717, 1.165) is 61.8 Å². The summed E-state index contributed by atoms with van der Waals surface area (Å²) >= 11 is 0. The Labute approximate surface area is 190 Å². The number of aryl methyl sites for hydroxylation is 2. The smallest absolute Gasteiger partial charge is 0.347 e. The molecule has 2 aromatic heterocycles. The van der Waals surface area contributed by atoms with Gasteiger partial charge in [-0.2, -0.15) is 0 Å². The van der Waals surface area contributed by atoms with Crippen molar-refractivity contribution in [3.05, 3.63) is 45.9 Å². The van der Waals surface area contributed by atoms with E-state index in [1.165, 1.54) is 0 Å². The first-order chi connectivity index (χ1) is 15.2. The molecule has 0 unspecified atom stereocenters. The van der Waals surface area contributed by atoms with Gasteiger partial charge in [0, 0.05) is 52.5 Å². The maximum Gasteiger partial charge on any atom is 0.347 e. The molecule has 32 heavy (non-hydrogen) atoms. The number of hydrogen-bond acceptors (Lipinski definition) is 6. The molecule has 1 aliphatic heterocycles. The van der Waals surface area contributed by atoms with Gasteiger partial charge in [0.15, 0.2) is 0 Å². The molecule has 172 valence electrons. The molecule has 0 bridgehead atoms. The molecule has 1 aliphatic rings. The van der Waals surface area contributed by atoms with Gasteiger partial charge in [-0.3, -0.25) is 4.90 Å². The van der Waals surface area contributed by atoms with E-state index < -0.39 is 0 Å². The Bertz CT molecular complexity index is 1150. The molecule has 4 rings (SSSR count). The van der Waals surface area contributed by atoms with Crippen molar-refractivity contribution < 1.29 is 4.42 Å². The second-order valence-electron chi connectivity index (χ2n) is 9.51. The normalized spacial score (nSPS) is 15.4. The average Bonchev–Trinajstić information content (AvgIpc) is 3.13. The highest BCUT2D eigenvalue weighted by Gasteiger charge is 2.24. The largest absolute Gasteiger partial charge is 0.403 e. The van der Waals surface area contributed by atoms with Crippen molar-refractivity contribution in [1.82, 2.24) is 19.4 Å². The lowest BCUT2D eigenvalue weighted by Gasteiger charge is -2.37. The maximum atomic E-state index is 13.0. The molecule has 1 aromatic carbocycles. The SMILES string of the molecule is Cc1cc(C(C)C)c2c(=O)oc(-c3ccn(C)c3N3CCN(CCN(C)C)CC3)nc2c1. The quantitative estimate of drug-likeness (QED) is 0.590. The molecular formula is C25H35N5O2. The van der Waals surface area contributed by atoms with Crippen LogP contribution >= 0.6 is 0 Å². The maximum absolute atomic E-state index is 13.0. The Morgan fingerprint density at radius 3 is 2.53 bits per heavy atom. The van der Waals surface area contributed by atoms with Gasteiger partial charge in [-0.25, -0.2) is 9.78 Å². The fraction of sp³-hybridized carbons (Fsp3) is 0.520. The summed E-state index contributed by atoms with van der Waals surface area (Å²) in [6.07, 6.45) is 2.02. The van der Waals surface area contributed by atoms with Crippen LogP contribution in [-0.2, 0) is 7.05 Å². The summed E-state index contributed by atoms with van der Waals surface area (Å²) in [4.78, 5) is 25.0. The van der Waals surface area contributed by atoms with Crippen LogP contribution in [0, 0.1) is 6.92 Å². The predicted molar refractivity (Wildman–Crippen MR) is 131 cm³/mol. The van der Waals surface area contributed by atoms with Gasteiger partial charge in [-0.05, 0) is 50.2 Å². The molecule has 0 saturated carbocycles. The van der Waals surface area contributed by atoms with E-state index in [4.69, 9.17) is 9.40 Å². The van der Waals surface area contributed by atoms with Crippen molar-refractivity contribution in [3.8, 4) is 11.5 Å². The zero-order valence-electron chi connectivity index (χ0n) is 20.2. The van der Waals surface area contributed by atoms with Crippen molar-refractivity contribution in [2.75, 3.05) is 58.3 Å². The van der Waals surface area contributed by atoms with Crippen LogP contribution in [0.25, 0.3) is 22.4 Å². The zero-order chi connectivity index (χ0) is 23.0. The number of hydrogen-bond donors (Lipinski definition) is 0. The second-order valence-corrected chi connectivity index (χ2v) is 9.51. The third-order valence-corrected chi connectivity index (χ3v) is 6.34. The summed E-state index contributed by atoms with van der Waals surface area (Å²) in [5.41, 5.74) is 3.38. The van der Waals surface area contributed by atoms with Crippen LogP contribution in [0.4, 0.5) is 5.82 Å². The van der Waals surface area contributed by atoms with E-state index >= 15 is 0 Å². The fourth-order valence-electron chi connectivity index (χ4n) is 4.55. The number of benzene rings is 1. The molecule has 0 aliphatic carbocycles. The molecule has 0 atom stereocenters. The summed E-state index contributed by atoms with van der Waals surface area (Å²) in [7, 11) is 6.27. The molecule has 0 amide bonds. The summed E-state index contributed by atoms with van der Waals surface area (Å²) in [6.45, 7) is 12.3. The Kier molecular flexibility index (Phi) is 6.40. The fourth-order valence-corrected chi connectivity index (χ4v) is 4.55. The molecule has 1 saturated heterocycles. The number of likely N-dealkylation sites (N-methyl/N-ethyl adjacent to an activating group) is 1. The number of nitrogens with zero attached hydrogens (tertiary/aromatic N) is 5. The van der Waals surface area contributed by atoms with E-state index in [0.29, 0.717) is 16.8 Å². The highest BCUT2D eigenvalue weighted by molar-refractivity contribution is 5.84. The van der Waals surface area contributed by atoms with Gasteiger partial charge < -0.3 is 18.8 Å². The van der Waals surface area contributed by atoms with Gasteiger partial charge in [-0.1, -0.05) is 19.9 Å². The highest BCUT2D eigenvalue weighted by atomic mass is 16.4. The zero-order valence-corrected chi connectivity index (χ0v) is 20.2. The third-order valence-electron chi connectivity index (χ3n) is 6.34. The summed E-state index contributed by atoms with van der Waals surface area (Å²) < 4.78 is 7.92. The first-order valence-corrected chi connectivity index (χ1v) is 11.5. The van der Waals surface area contributed by atoms with E-state index in [2.05, 4.69) is 53.3 Å². The summed E-state index contributed by atoms with van der Waals surface area (Å²) in [6, 6.07) is 6.05. The summed E-state index contributed by atoms with van der Waals surface area (Å²) in [5, 5.41) is 0.598. The van der Waals surface area contributed by atoms with Gasteiger partial charge in [0.1, 0.15) is 5.82 Å². The van der Waals surface area contributed by atoms with E-state index in [1.807, 2.05) is 32.3 Å². The van der Waals surface area contributed by atoms with Crippen molar-refractivity contribution >= 4 is 16.7 Å². The van der Waals surface area contributed by atoms with Crippen LogP contribution in [0.15, 0.2) is 33.6 Å². The minimum atomic E-state index is -0.308. The first kappa shape index (κ1) is 22.6. The van der Waals surface area contributed by atoms with E-state index in [1.54, 1.807) is 0 Å². The van der Waals surface area contributed by atoms with Crippen LogP contribution in [0.1, 0.15) is 30.9 Å². The Morgan fingerprint density at radius 1 is 1.16 bits per heavy atom. The third kappa shape index (κ3) is 4.45. The number of aromatic nitrogens is 2. The van der Waals surface area contributed by atoms with Gasteiger partial charge in [-0.15, -0.1) is 0 Å². The Morgan fingerprint density at radius 2 is 1.88 bits per heavy atom. The van der Waals surface area contributed by atoms with E-state index in [-0.39, 0.29) is 11.5 Å². The predicted octanol–water partition coefficient (Wildman–Crippen LogP) is 3.31. The lowest BCUT2D eigenvalue weighted by molar-refractivity contribution is 0.229. The number of fused-ring (bicyclic) bond motifs is 1. The standard InChI is InChI=1S/C25H35N5O2/c1-17(2)20-15-18(3)16-21-22(20)25(31)32-23(26-21)19-7-8-28(6)24(19)30-13-11-29(12-14-30)10-9-27(4)5/h7-8,15-17H,9-14H2,1-6H3.